The molecule has 2 heteroatoms. The first-order chi connectivity index (χ1) is 8.20. The molecule has 1 aliphatic heterocycles. The van der Waals surface area contributed by atoms with Crippen molar-refractivity contribution in [1.29, 1.82) is 0 Å². The number of rotatable bonds is 1. The highest BCUT2D eigenvalue weighted by atomic mass is 32.1. The monoisotopic (exact) mass is 254 g/mol. The predicted octanol–water partition coefficient (Wildman–Crippen LogP) is 3.92. The number of hydrogen-bond acceptors (Lipinski definition) is 2. The molecule has 0 N–H and O–H groups in total. The van der Waals surface area contributed by atoms with Crippen molar-refractivity contribution in [3.05, 3.63) is 0 Å². The van der Waals surface area contributed by atoms with Crippen molar-refractivity contribution >= 4 is 12.6 Å². The highest BCUT2D eigenvalue weighted by Crippen LogP contribution is 2.51. The summed E-state index contributed by atoms with van der Waals surface area (Å²) in [7, 11) is 0. The average Bonchev–Trinajstić information content (AvgIpc) is 2.68. The van der Waals surface area contributed by atoms with Crippen LogP contribution in [0.25, 0.3) is 0 Å². The molecule has 3 aliphatic rings. The lowest BCUT2D eigenvalue weighted by atomic mass is 9.69. The molecule has 0 radical (unpaired) electrons. The number of hydrogen-bond donors (Lipinski definition) is 1. The summed E-state index contributed by atoms with van der Waals surface area (Å²) in [6, 6.07) is 0. The summed E-state index contributed by atoms with van der Waals surface area (Å²) in [6.07, 6.45) is 9.22. The Labute approximate surface area is 111 Å². The zero-order valence-electron chi connectivity index (χ0n) is 11.1. The van der Waals surface area contributed by atoms with Crippen molar-refractivity contribution in [2.45, 2.75) is 69.8 Å². The Morgan fingerprint density at radius 3 is 2.65 bits per heavy atom. The Hall–Kier alpha value is 0.310. The summed E-state index contributed by atoms with van der Waals surface area (Å²) >= 11 is 4.89. The molecule has 3 fully saturated rings. The van der Waals surface area contributed by atoms with Gasteiger partial charge in [-0.3, -0.25) is 0 Å². The summed E-state index contributed by atoms with van der Waals surface area (Å²) in [4.78, 5) is 0. The lowest BCUT2D eigenvalue weighted by molar-refractivity contribution is -0.00742. The quantitative estimate of drug-likeness (QED) is 0.698. The molecule has 3 rings (SSSR count). The van der Waals surface area contributed by atoms with Crippen molar-refractivity contribution in [2.75, 3.05) is 0 Å². The van der Waals surface area contributed by atoms with Crippen LogP contribution in [0, 0.1) is 23.7 Å². The molecule has 1 heterocycles. The van der Waals surface area contributed by atoms with E-state index in [1.54, 1.807) is 0 Å². The van der Waals surface area contributed by atoms with Gasteiger partial charge in [-0.25, -0.2) is 0 Å². The van der Waals surface area contributed by atoms with Crippen LogP contribution >= 0.6 is 12.6 Å². The van der Waals surface area contributed by atoms with E-state index in [4.69, 9.17) is 17.4 Å². The van der Waals surface area contributed by atoms with Crippen LogP contribution in [0.1, 0.15) is 52.4 Å². The zero-order chi connectivity index (χ0) is 12.0. The first-order valence-corrected chi connectivity index (χ1v) is 8.05. The van der Waals surface area contributed by atoms with E-state index in [9.17, 15) is 0 Å². The molecular weight excluding hydrogens is 228 g/mol. The van der Waals surface area contributed by atoms with Gasteiger partial charge in [-0.15, -0.1) is 0 Å². The molecule has 0 aromatic carbocycles. The molecule has 0 aromatic heterocycles. The summed E-state index contributed by atoms with van der Waals surface area (Å²) in [5, 5.41) is 0.500. The number of thiol groups is 1. The molecule has 1 nitrogen and oxygen atoms in total. The fraction of sp³-hybridized carbons (Fsp3) is 1.00. The number of ether oxygens (including phenoxy) is 1. The fourth-order valence-electron chi connectivity index (χ4n) is 4.55. The zero-order valence-corrected chi connectivity index (χ0v) is 12.0. The van der Waals surface area contributed by atoms with E-state index in [0.717, 1.165) is 23.7 Å². The van der Waals surface area contributed by atoms with E-state index in [2.05, 4.69) is 13.8 Å². The second kappa shape index (κ2) is 4.77. The van der Waals surface area contributed by atoms with Crippen molar-refractivity contribution in [1.82, 2.24) is 0 Å². The molecule has 2 saturated carbocycles. The van der Waals surface area contributed by atoms with Crippen LogP contribution in [0.15, 0.2) is 0 Å². The summed E-state index contributed by atoms with van der Waals surface area (Å²) in [5.74, 6) is 3.36. The maximum absolute atomic E-state index is 6.41. The molecule has 7 unspecified atom stereocenters. The minimum atomic E-state index is 0.470. The van der Waals surface area contributed by atoms with Gasteiger partial charge in [0.2, 0.25) is 0 Å². The molecule has 17 heavy (non-hydrogen) atoms. The smallest absolute Gasteiger partial charge is 0.0729 e. The van der Waals surface area contributed by atoms with E-state index in [1.807, 2.05) is 0 Å². The summed E-state index contributed by atoms with van der Waals surface area (Å²) in [5.41, 5.74) is 0. The molecule has 2 aliphatic carbocycles. The predicted molar refractivity (Wildman–Crippen MR) is 74.4 cm³/mol. The van der Waals surface area contributed by atoms with E-state index in [-0.39, 0.29) is 0 Å². The summed E-state index contributed by atoms with van der Waals surface area (Å²) < 4.78 is 6.41. The van der Waals surface area contributed by atoms with Gasteiger partial charge in [0.25, 0.3) is 0 Å². The van der Waals surface area contributed by atoms with Gasteiger partial charge in [-0.2, -0.15) is 12.6 Å². The second-order valence-electron chi connectivity index (χ2n) is 6.62. The lowest BCUT2D eigenvalue weighted by Crippen LogP contribution is -2.39. The molecule has 0 amide bonds. The van der Waals surface area contributed by atoms with E-state index in [1.165, 1.54) is 38.5 Å². The third kappa shape index (κ3) is 2.06. The Bertz CT molecular complexity index is 280. The molecule has 1 saturated heterocycles. The van der Waals surface area contributed by atoms with E-state index < -0.39 is 0 Å². The minimum absolute atomic E-state index is 0.470. The van der Waals surface area contributed by atoms with Gasteiger partial charge in [0.15, 0.2) is 0 Å². The first-order valence-electron chi connectivity index (χ1n) is 7.54. The van der Waals surface area contributed by atoms with Crippen molar-refractivity contribution < 1.29 is 4.74 Å². The van der Waals surface area contributed by atoms with Gasteiger partial charge in [0.1, 0.15) is 0 Å². The van der Waals surface area contributed by atoms with Crippen molar-refractivity contribution in [3.8, 4) is 0 Å². The minimum Gasteiger partial charge on any atom is -0.373 e. The Morgan fingerprint density at radius 1 is 1.12 bits per heavy atom. The molecule has 0 spiro atoms. The highest BCUT2D eigenvalue weighted by molar-refractivity contribution is 7.81. The van der Waals surface area contributed by atoms with Crippen molar-refractivity contribution in [3.63, 3.8) is 0 Å². The SMILES string of the molecule is CCC1CCC2C3CCC(C)CC3OC2C1S. The van der Waals surface area contributed by atoms with Gasteiger partial charge in [0, 0.05) is 5.25 Å². The van der Waals surface area contributed by atoms with Gasteiger partial charge in [0.05, 0.1) is 12.2 Å². The van der Waals surface area contributed by atoms with E-state index in [0.29, 0.717) is 17.5 Å². The topological polar surface area (TPSA) is 9.23 Å². The maximum Gasteiger partial charge on any atom is 0.0729 e. The standard InChI is InChI=1S/C15H26OS/c1-3-10-5-7-12-11-6-4-9(2)8-13(11)16-14(12)15(10)17/h9-15,17H,3-8H2,1-2H3. The van der Waals surface area contributed by atoms with Gasteiger partial charge >= 0.3 is 0 Å². The average molecular weight is 254 g/mol. The van der Waals surface area contributed by atoms with Gasteiger partial charge in [-0.05, 0) is 49.4 Å². The third-order valence-corrected chi connectivity index (χ3v) is 6.34. The summed E-state index contributed by atoms with van der Waals surface area (Å²) in [6.45, 7) is 4.69. The molecule has 0 aromatic rings. The molecule has 0 bridgehead atoms. The van der Waals surface area contributed by atoms with Crippen LogP contribution in [0.2, 0.25) is 0 Å². The normalized spacial score (nSPS) is 54.2. The van der Waals surface area contributed by atoms with Crippen LogP contribution in [-0.2, 0) is 4.74 Å². The van der Waals surface area contributed by atoms with Crippen molar-refractivity contribution in [2.24, 2.45) is 23.7 Å². The Morgan fingerprint density at radius 2 is 1.88 bits per heavy atom. The maximum atomic E-state index is 6.41. The highest BCUT2D eigenvalue weighted by Gasteiger charge is 2.51. The number of fused-ring (bicyclic) bond motifs is 3. The third-order valence-electron chi connectivity index (χ3n) is 5.62. The second-order valence-corrected chi connectivity index (χ2v) is 7.22. The largest absolute Gasteiger partial charge is 0.373 e. The van der Waals surface area contributed by atoms with E-state index >= 15 is 0 Å². The fourth-order valence-corrected chi connectivity index (χ4v) is 5.20. The lowest BCUT2D eigenvalue weighted by Gasteiger charge is -2.38. The first kappa shape index (κ1) is 12.3. The Balaban J connectivity index is 1.74. The van der Waals surface area contributed by atoms with Crippen LogP contribution in [-0.4, -0.2) is 17.5 Å². The molecule has 98 valence electrons. The van der Waals surface area contributed by atoms with Crippen LogP contribution in [0.4, 0.5) is 0 Å². The molecule has 7 atom stereocenters. The molecular formula is C15H26OS. The van der Waals surface area contributed by atoms with Crippen LogP contribution in [0.3, 0.4) is 0 Å². The van der Waals surface area contributed by atoms with Crippen LogP contribution < -0.4 is 0 Å². The Kier molecular flexibility index (Phi) is 3.47. The van der Waals surface area contributed by atoms with Gasteiger partial charge < -0.3 is 4.74 Å². The van der Waals surface area contributed by atoms with Crippen LogP contribution in [0.5, 0.6) is 0 Å². The van der Waals surface area contributed by atoms with Gasteiger partial charge in [-0.1, -0.05) is 26.7 Å².